The van der Waals surface area contributed by atoms with Crippen LogP contribution in [0.1, 0.15) is 34.9 Å². The Balaban J connectivity index is 1.46. The summed E-state index contributed by atoms with van der Waals surface area (Å²) in [5, 5.41) is 2.91. The van der Waals surface area contributed by atoms with Gasteiger partial charge in [-0.05, 0) is 25.0 Å². The van der Waals surface area contributed by atoms with Gasteiger partial charge in [-0.3, -0.25) is 4.79 Å². The second-order valence-electron chi connectivity index (χ2n) is 6.98. The standard InChI is InChI=1S/C21H23N3O4/c25-20(23-17-7-8-17)19(15-4-2-1-3-5-15)28-21(26)16-6-9-18(22-14-16)24-10-12-27-13-11-24/h1-6,9,14,17,19H,7-8,10-13H2,(H,23,25). The van der Waals surface area contributed by atoms with Crippen molar-refractivity contribution < 1.29 is 19.1 Å². The molecule has 1 atom stereocenters. The molecule has 0 spiro atoms. The van der Waals surface area contributed by atoms with Crippen LogP contribution in [0.15, 0.2) is 48.7 Å². The number of benzene rings is 1. The highest BCUT2D eigenvalue weighted by atomic mass is 16.5. The number of esters is 1. The Morgan fingerprint density at radius 3 is 2.50 bits per heavy atom. The van der Waals surface area contributed by atoms with Crippen LogP contribution in [0, 0.1) is 0 Å². The molecule has 1 N–H and O–H groups in total. The highest BCUT2D eigenvalue weighted by Gasteiger charge is 2.31. The third kappa shape index (κ3) is 4.48. The van der Waals surface area contributed by atoms with E-state index in [0.717, 1.165) is 31.7 Å². The summed E-state index contributed by atoms with van der Waals surface area (Å²) in [5.41, 5.74) is 0.962. The van der Waals surface area contributed by atoms with E-state index in [-0.39, 0.29) is 11.9 Å². The molecule has 1 saturated carbocycles. The molecule has 2 heterocycles. The number of hydrogen-bond donors (Lipinski definition) is 1. The fourth-order valence-electron chi connectivity index (χ4n) is 3.07. The van der Waals surface area contributed by atoms with Crippen molar-refractivity contribution in [3.05, 3.63) is 59.8 Å². The van der Waals surface area contributed by atoms with Gasteiger partial charge in [-0.1, -0.05) is 30.3 Å². The molecular formula is C21H23N3O4. The van der Waals surface area contributed by atoms with E-state index in [2.05, 4.69) is 15.2 Å². The van der Waals surface area contributed by atoms with Crippen LogP contribution in [0.3, 0.4) is 0 Å². The Morgan fingerprint density at radius 2 is 1.86 bits per heavy atom. The Morgan fingerprint density at radius 1 is 1.11 bits per heavy atom. The van der Waals surface area contributed by atoms with Crippen LogP contribution in [0.4, 0.5) is 5.82 Å². The van der Waals surface area contributed by atoms with Gasteiger partial charge in [0.1, 0.15) is 5.82 Å². The largest absolute Gasteiger partial charge is 0.444 e. The van der Waals surface area contributed by atoms with Crippen molar-refractivity contribution in [1.29, 1.82) is 0 Å². The summed E-state index contributed by atoms with van der Waals surface area (Å²) in [6, 6.07) is 12.7. The van der Waals surface area contributed by atoms with Crippen LogP contribution in [0.5, 0.6) is 0 Å². The molecule has 0 radical (unpaired) electrons. The van der Waals surface area contributed by atoms with Crippen molar-refractivity contribution in [2.24, 2.45) is 0 Å². The van der Waals surface area contributed by atoms with E-state index < -0.39 is 12.1 Å². The van der Waals surface area contributed by atoms with Gasteiger partial charge in [0.2, 0.25) is 6.10 Å². The SMILES string of the molecule is O=C(OC(C(=O)NC1CC1)c1ccccc1)c1ccc(N2CCOCC2)nc1. The minimum Gasteiger partial charge on any atom is -0.444 e. The number of carbonyl (C=O) groups excluding carboxylic acids is 2. The van der Waals surface area contributed by atoms with Gasteiger partial charge < -0.3 is 19.7 Å². The molecule has 0 bridgehead atoms. The molecule has 1 aliphatic heterocycles. The molecule has 2 fully saturated rings. The van der Waals surface area contributed by atoms with Gasteiger partial charge in [0.05, 0.1) is 18.8 Å². The van der Waals surface area contributed by atoms with E-state index in [1.54, 1.807) is 24.3 Å². The maximum atomic E-state index is 12.6. The monoisotopic (exact) mass is 381 g/mol. The summed E-state index contributed by atoms with van der Waals surface area (Å²) in [4.78, 5) is 31.7. The molecule has 1 aromatic heterocycles. The molecule has 2 aliphatic rings. The molecule has 28 heavy (non-hydrogen) atoms. The van der Waals surface area contributed by atoms with E-state index >= 15 is 0 Å². The third-order valence-electron chi connectivity index (χ3n) is 4.81. The fraction of sp³-hybridized carbons (Fsp3) is 0.381. The molecule has 7 nitrogen and oxygen atoms in total. The Hall–Kier alpha value is -2.93. The lowest BCUT2D eigenvalue weighted by atomic mass is 10.1. The Labute approximate surface area is 163 Å². The third-order valence-corrected chi connectivity index (χ3v) is 4.81. The zero-order valence-corrected chi connectivity index (χ0v) is 15.5. The first kappa shape index (κ1) is 18.4. The van der Waals surface area contributed by atoms with Crippen LogP contribution in [-0.4, -0.2) is 49.2 Å². The molecular weight excluding hydrogens is 358 g/mol. The van der Waals surface area contributed by atoms with Crippen LogP contribution in [0.2, 0.25) is 0 Å². The number of anilines is 1. The van der Waals surface area contributed by atoms with Crippen LogP contribution in [0.25, 0.3) is 0 Å². The maximum absolute atomic E-state index is 12.6. The Kier molecular flexibility index (Phi) is 5.53. The maximum Gasteiger partial charge on any atom is 0.340 e. The van der Waals surface area contributed by atoms with Gasteiger partial charge in [0.15, 0.2) is 0 Å². The zero-order valence-electron chi connectivity index (χ0n) is 15.5. The first-order valence-corrected chi connectivity index (χ1v) is 9.56. The molecule has 4 rings (SSSR count). The number of carbonyl (C=O) groups is 2. The lowest BCUT2D eigenvalue weighted by Crippen LogP contribution is -2.36. The van der Waals surface area contributed by atoms with Gasteiger partial charge in [-0.2, -0.15) is 0 Å². The number of amides is 1. The molecule has 1 saturated heterocycles. The zero-order chi connectivity index (χ0) is 19.3. The highest BCUT2D eigenvalue weighted by molar-refractivity contribution is 5.92. The number of morpholine rings is 1. The summed E-state index contributed by atoms with van der Waals surface area (Å²) in [7, 11) is 0. The van der Waals surface area contributed by atoms with Crippen molar-refractivity contribution in [3.8, 4) is 0 Å². The smallest absolute Gasteiger partial charge is 0.340 e. The fourth-order valence-corrected chi connectivity index (χ4v) is 3.07. The number of ether oxygens (including phenoxy) is 2. The molecule has 2 aromatic rings. The second kappa shape index (κ2) is 8.39. The van der Waals surface area contributed by atoms with Gasteiger partial charge in [-0.25, -0.2) is 9.78 Å². The lowest BCUT2D eigenvalue weighted by molar-refractivity contribution is -0.130. The summed E-state index contributed by atoms with van der Waals surface area (Å²) >= 11 is 0. The van der Waals surface area contributed by atoms with Crippen LogP contribution in [-0.2, 0) is 14.3 Å². The van der Waals surface area contributed by atoms with Crippen molar-refractivity contribution in [2.75, 3.05) is 31.2 Å². The normalized spacial score (nSPS) is 17.6. The van der Waals surface area contributed by atoms with Crippen LogP contribution >= 0.6 is 0 Å². The number of hydrogen-bond acceptors (Lipinski definition) is 6. The van der Waals surface area contributed by atoms with Gasteiger partial charge in [-0.15, -0.1) is 0 Å². The average molecular weight is 381 g/mol. The Bertz CT molecular complexity index is 815. The van der Waals surface area contributed by atoms with Gasteiger partial charge in [0.25, 0.3) is 5.91 Å². The van der Waals surface area contributed by atoms with Crippen molar-refractivity contribution in [1.82, 2.24) is 10.3 Å². The minimum atomic E-state index is -0.979. The minimum absolute atomic E-state index is 0.187. The first-order chi connectivity index (χ1) is 13.7. The highest BCUT2D eigenvalue weighted by Crippen LogP contribution is 2.24. The van der Waals surface area contributed by atoms with Crippen molar-refractivity contribution in [2.45, 2.75) is 25.0 Å². The number of aromatic nitrogens is 1. The number of nitrogens with one attached hydrogen (secondary N) is 1. The topological polar surface area (TPSA) is 80.8 Å². The number of pyridine rings is 1. The number of rotatable bonds is 6. The summed E-state index contributed by atoms with van der Waals surface area (Å²) in [6.45, 7) is 2.88. The quantitative estimate of drug-likeness (QED) is 0.772. The van der Waals surface area contributed by atoms with Gasteiger partial charge >= 0.3 is 5.97 Å². The molecule has 1 aromatic carbocycles. The van der Waals surface area contributed by atoms with Crippen molar-refractivity contribution in [3.63, 3.8) is 0 Å². The average Bonchev–Trinajstić information content (AvgIpc) is 3.57. The van der Waals surface area contributed by atoms with E-state index in [1.807, 2.05) is 18.2 Å². The first-order valence-electron chi connectivity index (χ1n) is 9.56. The summed E-state index contributed by atoms with van der Waals surface area (Å²) < 4.78 is 10.9. The van der Waals surface area contributed by atoms with E-state index in [4.69, 9.17) is 9.47 Å². The molecule has 7 heteroatoms. The molecule has 146 valence electrons. The lowest BCUT2D eigenvalue weighted by Gasteiger charge is -2.27. The second-order valence-corrected chi connectivity index (χ2v) is 6.98. The summed E-state index contributed by atoms with van der Waals surface area (Å²) in [6.07, 6.45) is 2.45. The predicted molar refractivity (Wildman–Crippen MR) is 103 cm³/mol. The van der Waals surface area contributed by atoms with E-state index in [9.17, 15) is 9.59 Å². The van der Waals surface area contributed by atoms with Gasteiger partial charge in [0, 0.05) is 30.9 Å². The van der Waals surface area contributed by atoms with Crippen molar-refractivity contribution >= 4 is 17.7 Å². The van der Waals surface area contributed by atoms with E-state index in [0.29, 0.717) is 24.3 Å². The molecule has 1 aliphatic carbocycles. The van der Waals surface area contributed by atoms with Crippen LogP contribution < -0.4 is 10.2 Å². The number of nitrogens with zero attached hydrogens (tertiary/aromatic N) is 2. The molecule has 1 unspecified atom stereocenters. The van der Waals surface area contributed by atoms with E-state index in [1.165, 1.54) is 6.20 Å². The molecule has 1 amide bonds. The summed E-state index contributed by atoms with van der Waals surface area (Å²) in [5.74, 6) is -0.0632. The predicted octanol–water partition coefficient (Wildman–Crippen LogP) is 2.09.